The van der Waals surface area contributed by atoms with Gasteiger partial charge >= 0.3 is 11.4 Å². The summed E-state index contributed by atoms with van der Waals surface area (Å²) in [4.78, 5) is 62.0. The Bertz CT molecular complexity index is 1920. The van der Waals surface area contributed by atoms with Gasteiger partial charge < -0.3 is 5.73 Å². The highest BCUT2D eigenvalue weighted by atomic mass is 35.5. The molecule has 44 heavy (non-hydrogen) atoms. The zero-order chi connectivity index (χ0) is 33.0. The Labute approximate surface area is 270 Å². The second kappa shape index (κ2) is 14.3. The van der Waals surface area contributed by atoms with Crippen LogP contribution in [0.3, 0.4) is 0 Å². The Kier molecular flexibility index (Phi) is 11.3. The number of halogens is 4. The van der Waals surface area contributed by atoms with E-state index in [9.17, 15) is 29.3 Å². The first-order valence-corrected chi connectivity index (χ1v) is 14.5. The van der Waals surface area contributed by atoms with Crippen LogP contribution in [-0.2, 0) is 13.1 Å². The van der Waals surface area contributed by atoms with Crippen molar-refractivity contribution >= 4 is 57.8 Å². The molecule has 4 aromatic rings. The lowest BCUT2D eigenvalue weighted by molar-refractivity contribution is -0.384. The number of hydrogen-bond acceptors (Lipinski definition) is 7. The summed E-state index contributed by atoms with van der Waals surface area (Å²) in [5.41, 5.74) is 5.85. The third-order valence-corrected chi connectivity index (χ3v) is 7.83. The van der Waals surface area contributed by atoms with Crippen molar-refractivity contribution in [1.82, 2.24) is 19.1 Å². The lowest BCUT2D eigenvalue weighted by Crippen LogP contribution is -2.32. The summed E-state index contributed by atoms with van der Waals surface area (Å²) >= 11 is 24.3. The largest absolute Gasteiger partial charge is 0.399 e. The van der Waals surface area contributed by atoms with E-state index in [-0.39, 0.29) is 46.2 Å². The molecule has 234 valence electrons. The first-order chi connectivity index (χ1) is 20.5. The van der Waals surface area contributed by atoms with E-state index < -0.39 is 21.9 Å². The minimum absolute atomic E-state index is 0.00189. The quantitative estimate of drug-likeness (QED) is 0.130. The highest BCUT2D eigenvalue weighted by Crippen LogP contribution is 2.31. The van der Waals surface area contributed by atoms with Crippen LogP contribution in [0.25, 0.3) is 0 Å². The molecule has 16 heteroatoms. The number of rotatable bonds is 7. The predicted octanol–water partition coefficient (Wildman–Crippen LogP) is 5.52. The third-order valence-electron chi connectivity index (χ3n) is 6.48. The van der Waals surface area contributed by atoms with Crippen molar-refractivity contribution < 1.29 is 4.92 Å². The van der Waals surface area contributed by atoms with Gasteiger partial charge in [0.05, 0.1) is 28.1 Å². The number of nitrogens with zero attached hydrogens (tertiary/aromatic N) is 3. The Hall–Kier alpha value is -3.84. The molecule has 0 unspecified atom stereocenters. The number of H-pyrrole nitrogens is 2. The number of nitro groups is 1. The maximum atomic E-state index is 11.9. The van der Waals surface area contributed by atoms with E-state index in [1.807, 2.05) is 27.7 Å². The molecule has 0 spiro atoms. The number of nitrogens with two attached hydrogens (primary N) is 1. The minimum atomic E-state index is -0.607. The number of nitrogens with one attached hydrogen (secondary N) is 2. The summed E-state index contributed by atoms with van der Waals surface area (Å²) in [5.74, 6) is -0.0774. The van der Waals surface area contributed by atoms with Crippen molar-refractivity contribution in [2.24, 2.45) is 0 Å². The third kappa shape index (κ3) is 8.20. The summed E-state index contributed by atoms with van der Waals surface area (Å²) < 4.78 is 2.63. The maximum Gasteiger partial charge on any atom is 0.328 e. The van der Waals surface area contributed by atoms with Crippen molar-refractivity contribution in [3.05, 3.63) is 131 Å². The smallest absolute Gasteiger partial charge is 0.328 e. The fourth-order valence-corrected chi connectivity index (χ4v) is 5.29. The normalized spacial score (nSPS) is 11.0. The number of non-ortho nitro benzene ring substituents is 1. The van der Waals surface area contributed by atoms with Gasteiger partial charge in [0.1, 0.15) is 0 Å². The SMILES string of the molecule is CC(C)c1cn(Cc2c(Cl)cc(N)cc2Cl)c(=O)[nH]c1=O.CC(C)c1cn(Cc2c(Cl)cc([N+](=O)[O-])cc2Cl)c(=O)[nH]c1=O. The van der Waals surface area contributed by atoms with Crippen LogP contribution in [0.2, 0.25) is 20.1 Å². The molecule has 0 saturated heterocycles. The molecule has 0 aliphatic heterocycles. The second-order valence-electron chi connectivity index (χ2n) is 10.4. The highest BCUT2D eigenvalue weighted by Gasteiger charge is 2.17. The number of nitro benzene ring substituents is 1. The van der Waals surface area contributed by atoms with Gasteiger partial charge in [-0.1, -0.05) is 74.1 Å². The van der Waals surface area contributed by atoms with E-state index in [2.05, 4.69) is 9.97 Å². The first-order valence-electron chi connectivity index (χ1n) is 13.0. The van der Waals surface area contributed by atoms with E-state index in [4.69, 9.17) is 52.1 Å². The second-order valence-corrected chi connectivity index (χ2v) is 12.0. The molecule has 2 heterocycles. The monoisotopic (exact) mass is 684 g/mol. The van der Waals surface area contributed by atoms with Gasteiger partial charge in [0.2, 0.25) is 0 Å². The Morgan fingerprint density at radius 1 is 0.727 bits per heavy atom. The topological polar surface area (TPSA) is 179 Å². The van der Waals surface area contributed by atoms with Gasteiger partial charge in [-0.2, -0.15) is 0 Å². The molecule has 0 atom stereocenters. The van der Waals surface area contributed by atoms with Gasteiger partial charge in [-0.25, -0.2) is 9.59 Å². The van der Waals surface area contributed by atoms with Gasteiger partial charge in [0.15, 0.2) is 0 Å². The van der Waals surface area contributed by atoms with Crippen molar-refractivity contribution in [2.45, 2.75) is 52.6 Å². The number of aromatic nitrogens is 4. The number of hydrogen-bond donors (Lipinski definition) is 3. The molecule has 0 bridgehead atoms. The maximum absolute atomic E-state index is 11.9. The van der Waals surface area contributed by atoms with Crippen LogP contribution in [0.5, 0.6) is 0 Å². The van der Waals surface area contributed by atoms with E-state index in [0.29, 0.717) is 38.0 Å². The summed E-state index contributed by atoms with van der Waals surface area (Å²) in [5, 5.41) is 11.7. The van der Waals surface area contributed by atoms with Crippen LogP contribution in [0.1, 0.15) is 61.8 Å². The number of aromatic amines is 2. The molecule has 0 amide bonds. The van der Waals surface area contributed by atoms with E-state index >= 15 is 0 Å². The van der Waals surface area contributed by atoms with Gasteiger partial charge in [0, 0.05) is 62.5 Å². The van der Waals surface area contributed by atoms with E-state index in [0.717, 1.165) is 0 Å². The van der Waals surface area contributed by atoms with Gasteiger partial charge in [0.25, 0.3) is 16.8 Å². The highest BCUT2D eigenvalue weighted by molar-refractivity contribution is 6.37. The predicted molar refractivity (Wildman–Crippen MR) is 173 cm³/mol. The summed E-state index contributed by atoms with van der Waals surface area (Å²) in [6.07, 6.45) is 2.98. The molecular formula is C28H28Cl4N6O6. The Balaban J connectivity index is 0.000000241. The van der Waals surface area contributed by atoms with Crippen molar-refractivity contribution in [3.8, 4) is 0 Å². The first kappa shape index (κ1) is 34.6. The van der Waals surface area contributed by atoms with Crippen LogP contribution in [0.15, 0.2) is 55.8 Å². The van der Waals surface area contributed by atoms with Crippen molar-refractivity contribution in [2.75, 3.05) is 5.73 Å². The molecule has 4 N–H and O–H groups in total. The Morgan fingerprint density at radius 2 is 1.07 bits per heavy atom. The van der Waals surface area contributed by atoms with Crippen LogP contribution >= 0.6 is 46.4 Å². The number of benzene rings is 2. The van der Waals surface area contributed by atoms with Crippen LogP contribution in [-0.4, -0.2) is 24.0 Å². The van der Waals surface area contributed by atoms with Crippen molar-refractivity contribution in [1.29, 1.82) is 0 Å². The lowest BCUT2D eigenvalue weighted by Gasteiger charge is -2.12. The average molecular weight is 686 g/mol. The standard InChI is InChI=1S/C14H13Cl2N3O4.C14H15Cl2N3O2/c1-7(2)9-5-18(14(21)17-13(9)20)6-10-11(15)3-8(19(22)23)4-12(10)16;1-7(2)9-5-19(14(21)18-13(9)20)6-10-11(15)3-8(17)4-12(10)16/h3-5,7H,6H2,1-2H3,(H,17,20,21);3-5,7H,6,17H2,1-2H3,(H,18,20,21). The van der Waals surface area contributed by atoms with Crippen molar-refractivity contribution in [3.63, 3.8) is 0 Å². The summed E-state index contributed by atoms with van der Waals surface area (Å²) in [7, 11) is 0. The molecule has 0 radical (unpaired) electrons. The molecule has 2 aromatic carbocycles. The fraction of sp³-hybridized carbons (Fsp3) is 0.286. The average Bonchev–Trinajstić information content (AvgIpc) is 2.90. The molecule has 0 fully saturated rings. The molecule has 4 rings (SSSR count). The molecule has 0 aliphatic carbocycles. The van der Waals surface area contributed by atoms with E-state index in [1.54, 1.807) is 12.1 Å². The number of anilines is 1. The molecule has 0 aliphatic rings. The summed E-state index contributed by atoms with van der Waals surface area (Å²) in [6, 6.07) is 5.48. The molecular weight excluding hydrogens is 658 g/mol. The molecule has 0 saturated carbocycles. The van der Waals surface area contributed by atoms with E-state index in [1.165, 1.54) is 33.7 Å². The lowest BCUT2D eigenvalue weighted by atomic mass is 10.1. The molecule has 12 nitrogen and oxygen atoms in total. The van der Waals surface area contributed by atoms with Gasteiger partial charge in [-0.3, -0.25) is 38.8 Å². The van der Waals surface area contributed by atoms with Crippen LogP contribution < -0.4 is 28.2 Å². The van der Waals surface area contributed by atoms with Crippen LogP contribution in [0.4, 0.5) is 11.4 Å². The Morgan fingerprint density at radius 3 is 1.39 bits per heavy atom. The zero-order valence-electron chi connectivity index (χ0n) is 23.9. The van der Waals surface area contributed by atoms with Gasteiger partial charge in [-0.05, 0) is 24.0 Å². The van der Waals surface area contributed by atoms with Gasteiger partial charge in [-0.15, -0.1) is 0 Å². The minimum Gasteiger partial charge on any atom is -0.399 e. The fourth-order valence-electron chi connectivity index (χ4n) is 4.07. The zero-order valence-corrected chi connectivity index (χ0v) is 26.9. The van der Waals surface area contributed by atoms with Crippen LogP contribution in [0, 0.1) is 10.1 Å². The number of nitrogen functional groups attached to an aromatic ring is 1. The molecule has 2 aromatic heterocycles. The summed E-state index contributed by atoms with van der Waals surface area (Å²) in [6.45, 7) is 7.56.